The fourth-order valence-corrected chi connectivity index (χ4v) is 5.15. The first-order valence-corrected chi connectivity index (χ1v) is 8.88. The van der Waals surface area contributed by atoms with Gasteiger partial charge in [0.25, 0.3) is 0 Å². The molecule has 3 aliphatic rings. The number of carbonyl (C=O) groups excluding carboxylic acids is 1. The van der Waals surface area contributed by atoms with Crippen molar-refractivity contribution < 1.29 is 14.3 Å². The summed E-state index contributed by atoms with van der Waals surface area (Å²) in [6.45, 7) is 0.778. The van der Waals surface area contributed by atoms with Gasteiger partial charge in [0.2, 0.25) is 5.91 Å². The highest BCUT2D eigenvalue weighted by Gasteiger charge is 2.59. The van der Waals surface area contributed by atoms with Gasteiger partial charge >= 0.3 is 0 Å². The van der Waals surface area contributed by atoms with E-state index in [-0.39, 0.29) is 30.3 Å². The molecule has 1 saturated heterocycles. The van der Waals surface area contributed by atoms with E-state index >= 15 is 0 Å². The molecule has 6 heteroatoms. The van der Waals surface area contributed by atoms with Crippen molar-refractivity contribution in [2.75, 3.05) is 6.54 Å². The molecule has 1 amide bonds. The Morgan fingerprint density at radius 2 is 2.00 bits per heavy atom. The van der Waals surface area contributed by atoms with Crippen LogP contribution in [0.25, 0.3) is 5.69 Å². The van der Waals surface area contributed by atoms with Crippen LogP contribution in [0.5, 0.6) is 0 Å². The molecule has 1 aliphatic heterocycles. The van der Waals surface area contributed by atoms with E-state index in [1.54, 1.807) is 23.0 Å². The summed E-state index contributed by atoms with van der Waals surface area (Å²) in [5.74, 6) is 1.20. The first-order valence-electron chi connectivity index (χ1n) is 8.88. The van der Waals surface area contributed by atoms with Gasteiger partial charge in [0.05, 0.1) is 29.9 Å². The Hall–Kier alpha value is -2.21. The number of carbonyl (C=O) groups is 1. The standard InChI is InChI=1S/C19H20FN3O2/c20-13-1-3-15(4-2-13)23-6-5-14(21-23)9-17(24)22-10-12-7-11-8-16(12)18(22)19(11)25/h1-6,11-12,16,18-19,25H,7-10H2/t11-,12-,16+,18+,19+/m0/s1. The highest BCUT2D eigenvalue weighted by molar-refractivity contribution is 5.79. The molecule has 2 saturated carbocycles. The predicted octanol–water partition coefficient (Wildman–Crippen LogP) is 1.78. The minimum absolute atomic E-state index is 0.00966. The van der Waals surface area contributed by atoms with E-state index in [4.69, 9.17) is 0 Å². The maximum atomic E-state index is 13.0. The van der Waals surface area contributed by atoms with Crippen LogP contribution in [0.3, 0.4) is 0 Å². The number of rotatable bonds is 3. The monoisotopic (exact) mass is 341 g/mol. The van der Waals surface area contributed by atoms with E-state index in [2.05, 4.69) is 5.10 Å². The zero-order valence-electron chi connectivity index (χ0n) is 13.8. The minimum Gasteiger partial charge on any atom is -0.391 e. The highest BCUT2D eigenvalue weighted by atomic mass is 19.1. The van der Waals surface area contributed by atoms with Crippen molar-refractivity contribution in [3.63, 3.8) is 0 Å². The zero-order valence-corrected chi connectivity index (χ0v) is 13.8. The van der Waals surface area contributed by atoms with Crippen molar-refractivity contribution in [2.45, 2.75) is 31.4 Å². The molecule has 0 unspecified atom stereocenters. The van der Waals surface area contributed by atoms with E-state index in [9.17, 15) is 14.3 Å². The van der Waals surface area contributed by atoms with Gasteiger partial charge in [-0.2, -0.15) is 5.10 Å². The number of likely N-dealkylation sites (tertiary alicyclic amines) is 1. The second-order valence-electron chi connectivity index (χ2n) is 7.59. The number of amides is 1. The number of nitrogens with zero attached hydrogens (tertiary/aromatic N) is 3. The molecule has 5 nitrogen and oxygen atoms in total. The third-order valence-corrected chi connectivity index (χ3v) is 6.24. The van der Waals surface area contributed by atoms with Crippen LogP contribution in [0, 0.1) is 23.6 Å². The van der Waals surface area contributed by atoms with Crippen molar-refractivity contribution in [1.82, 2.24) is 14.7 Å². The van der Waals surface area contributed by atoms with Crippen LogP contribution in [-0.2, 0) is 11.2 Å². The normalized spacial score (nSPS) is 32.6. The molecular weight excluding hydrogens is 321 g/mol. The fourth-order valence-electron chi connectivity index (χ4n) is 5.15. The summed E-state index contributed by atoms with van der Waals surface area (Å²) in [6, 6.07) is 7.91. The first kappa shape index (κ1) is 15.1. The van der Waals surface area contributed by atoms with Gasteiger partial charge in [-0.05, 0) is 60.9 Å². The number of halogens is 1. The minimum atomic E-state index is -0.357. The lowest BCUT2D eigenvalue weighted by Gasteiger charge is -2.28. The number of benzene rings is 1. The van der Waals surface area contributed by atoms with Gasteiger partial charge in [0, 0.05) is 12.7 Å². The van der Waals surface area contributed by atoms with Crippen LogP contribution in [0.15, 0.2) is 36.5 Å². The van der Waals surface area contributed by atoms with Crippen LogP contribution < -0.4 is 0 Å². The van der Waals surface area contributed by atoms with Gasteiger partial charge in [-0.3, -0.25) is 4.79 Å². The summed E-state index contributed by atoms with van der Waals surface area (Å²) in [4.78, 5) is 14.7. The maximum Gasteiger partial charge on any atom is 0.229 e. The van der Waals surface area contributed by atoms with E-state index in [0.29, 0.717) is 23.4 Å². The molecule has 1 N–H and O–H groups in total. The van der Waals surface area contributed by atoms with Crippen molar-refractivity contribution >= 4 is 5.91 Å². The van der Waals surface area contributed by atoms with Gasteiger partial charge in [-0.1, -0.05) is 0 Å². The third kappa shape index (κ3) is 2.31. The number of aromatic nitrogens is 2. The SMILES string of the molecule is O=C(Cc1ccn(-c2ccc(F)cc2)n1)N1C[C@@H]2C[C@H]3C[C@H]2[C@@H]1[C@@H]3O. The number of aliphatic hydroxyl groups excluding tert-OH is 1. The van der Waals surface area contributed by atoms with Gasteiger partial charge in [-0.15, -0.1) is 0 Å². The smallest absolute Gasteiger partial charge is 0.229 e. The number of aliphatic hydroxyl groups is 1. The fraction of sp³-hybridized carbons (Fsp3) is 0.474. The Morgan fingerprint density at radius 1 is 1.20 bits per heavy atom. The average Bonchev–Trinajstić information content (AvgIpc) is 3.31. The molecular formula is C19H20FN3O2. The van der Waals surface area contributed by atoms with Crippen LogP contribution in [0.1, 0.15) is 18.5 Å². The molecule has 0 radical (unpaired) electrons. The molecule has 0 spiro atoms. The predicted molar refractivity (Wildman–Crippen MR) is 88.4 cm³/mol. The van der Waals surface area contributed by atoms with E-state index < -0.39 is 0 Å². The Morgan fingerprint density at radius 3 is 2.76 bits per heavy atom. The molecule has 130 valence electrons. The van der Waals surface area contributed by atoms with Gasteiger partial charge < -0.3 is 10.0 Å². The van der Waals surface area contributed by atoms with Crippen LogP contribution >= 0.6 is 0 Å². The van der Waals surface area contributed by atoms with Crippen molar-refractivity contribution in [3.05, 3.63) is 48.0 Å². The lowest BCUT2D eigenvalue weighted by molar-refractivity contribution is -0.133. The van der Waals surface area contributed by atoms with Gasteiger partial charge in [-0.25, -0.2) is 9.07 Å². The summed E-state index contributed by atoms with van der Waals surface area (Å²) in [6.07, 6.45) is 3.79. The molecule has 2 heterocycles. The van der Waals surface area contributed by atoms with E-state index in [0.717, 1.165) is 25.1 Å². The molecule has 5 rings (SSSR count). The lowest BCUT2D eigenvalue weighted by Crippen LogP contribution is -2.44. The van der Waals surface area contributed by atoms with Crippen LogP contribution in [-0.4, -0.2) is 44.4 Å². The zero-order chi connectivity index (χ0) is 17.1. The van der Waals surface area contributed by atoms with Crippen molar-refractivity contribution in [1.29, 1.82) is 0 Å². The van der Waals surface area contributed by atoms with Crippen LogP contribution in [0.2, 0.25) is 0 Å². The van der Waals surface area contributed by atoms with Gasteiger partial charge in [0.15, 0.2) is 0 Å². The summed E-state index contributed by atoms with van der Waals surface area (Å²) in [5.41, 5.74) is 1.45. The molecule has 25 heavy (non-hydrogen) atoms. The molecule has 3 fully saturated rings. The molecule has 5 atom stereocenters. The highest BCUT2D eigenvalue weighted by Crippen LogP contribution is 2.54. The Bertz CT molecular complexity index is 816. The molecule has 2 aromatic rings. The summed E-state index contributed by atoms with van der Waals surface area (Å²) >= 11 is 0. The van der Waals surface area contributed by atoms with Crippen LogP contribution in [0.4, 0.5) is 4.39 Å². The van der Waals surface area contributed by atoms with E-state index in [1.165, 1.54) is 12.1 Å². The second-order valence-corrected chi connectivity index (χ2v) is 7.59. The van der Waals surface area contributed by atoms with Gasteiger partial charge in [0.1, 0.15) is 5.82 Å². The maximum absolute atomic E-state index is 13.0. The Labute approximate surface area is 145 Å². The number of hydrogen-bond acceptors (Lipinski definition) is 3. The Kier molecular flexibility index (Phi) is 3.25. The molecule has 2 aliphatic carbocycles. The topological polar surface area (TPSA) is 58.4 Å². The largest absolute Gasteiger partial charge is 0.391 e. The average molecular weight is 341 g/mol. The first-order chi connectivity index (χ1) is 12.1. The molecule has 2 bridgehead atoms. The second kappa shape index (κ2) is 5.39. The summed E-state index contributed by atoms with van der Waals surface area (Å²) < 4.78 is 14.7. The molecule has 1 aromatic heterocycles. The molecule has 1 aromatic carbocycles. The summed E-state index contributed by atoms with van der Waals surface area (Å²) in [5, 5.41) is 14.9. The van der Waals surface area contributed by atoms with Crippen molar-refractivity contribution in [3.8, 4) is 5.69 Å². The van der Waals surface area contributed by atoms with Crippen molar-refractivity contribution in [2.24, 2.45) is 17.8 Å². The number of fused-ring (bicyclic) bond motifs is 1. The van der Waals surface area contributed by atoms with E-state index in [1.807, 2.05) is 11.0 Å². The Balaban J connectivity index is 1.31. The number of hydrogen-bond donors (Lipinski definition) is 1. The third-order valence-electron chi connectivity index (χ3n) is 6.24. The lowest BCUT2D eigenvalue weighted by atomic mass is 9.88. The quantitative estimate of drug-likeness (QED) is 0.926. The summed E-state index contributed by atoms with van der Waals surface area (Å²) in [7, 11) is 0.